The highest BCUT2D eigenvalue weighted by molar-refractivity contribution is 5.91. The van der Waals surface area contributed by atoms with Crippen molar-refractivity contribution in [1.82, 2.24) is 15.2 Å². The summed E-state index contributed by atoms with van der Waals surface area (Å²) in [5, 5.41) is 2.71. The van der Waals surface area contributed by atoms with Gasteiger partial charge in [0.25, 0.3) is 5.91 Å². The van der Waals surface area contributed by atoms with E-state index in [1.807, 2.05) is 30.0 Å². The Morgan fingerprint density at radius 2 is 2.00 bits per heavy atom. The Kier molecular flexibility index (Phi) is 7.02. The largest absolute Gasteiger partial charge is 0.484 e. The number of nitrogens with zero attached hydrogens (tertiary/aromatic N) is 2. The Hall–Kier alpha value is -4.40. The van der Waals surface area contributed by atoms with Crippen molar-refractivity contribution in [2.75, 3.05) is 6.54 Å². The van der Waals surface area contributed by atoms with Gasteiger partial charge in [0.05, 0.1) is 18.8 Å². The molecule has 5 rings (SSSR count). The van der Waals surface area contributed by atoms with E-state index in [1.165, 1.54) is 24.7 Å². The van der Waals surface area contributed by atoms with Crippen LogP contribution in [0.5, 0.6) is 5.75 Å². The highest BCUT2D eigenvalue weighted by Crippen LogP contribution is 2.37. The summed E-state index contributed by atoms with van der Waals surface area (Å²) in [5.41, 5.74) is 3.01. The van der Waals surface area contributed by atoms with E-state index in [-0.39, 0.29) is 48.4 Å². The lowest BCUT2D eigenvalue weighted by Gasteiger charge is -2.38. The van der Waals surface area contributed by atoms with Gasteiger partial charge in [0.2, 0.25) is 11.8 Å². The third-order valence-electron chi connectivity index (χ3n) is 6.30. The van der Waals surface area contributed by atoms with Gasteiger partial charge in [-0.15, -0.1) is 0 Å². The van der Waals surface area contributed by atoms with Gasteiger partial charge in [-0.05, 0) is 59.5 Å². The molecule has 1 atom stereocenters. The van der Waals surface area contributed by atoms with Gasteiger partial charge >= 0.3 is 0 Å². The number of halogens is 1. The number of hydrogen-bond acceptors (Lipinski definition) is 6. The first-order valence-corrected chi connectivity index (χ1v) is 12.1. The van der Waals surface area contributed by atoms with Crippen LogP contribution >= 0.6 is 0 Å². The summed E-state index contributed by atoms with van der Waals surface area (Å²) in [6, 6.07) is 15.1. The maximum Gasteiger partial charge on any atom is 0.273 e. The minimum Gasteiger partial charge on any atom is -0.484 e. The zero-order valence-electron chi connectivity index (χ0n) is 20.3. The summed E-state index contributed by atoms with van der Waals surface area (Å²) in [7, 11) is 0. The zero-order chi connectivity index (χ0) is 25.8. The second-order valence-electron chi connectivity index (χ2n) is 8.68. The Labute approximate surface area is 213 Å². The molecule has 0 saturated heterocycles. The number of nitrogens with one attached hydrogen (secondary N) is 1. The van der Waals surface area contributed by atoms with Crippen LogP contribution in [0.25, 0.3) is 0 Å². The molecule has 0 saturated carbocycles. The quantitative estimate of drug-likeness (QED) is 0.371. The number of carbonyl (C=O) groups is 2. The molecule has 8 nitrogen and oxygen atoms in total. The summed E-state index contributed by atoms with van der Waals surface area (Å²) >= 11 is 0. The van der Waals surface area contributed by atoms with Crippen molar-refractivity contribution in [1.29, 1.82) is 0 Å². The monoisotopic (exact) mass is 503 g/mol. The minimum atomic E-state index is -0.386. The molecule has 2 aromatic heterocycles. The second-order valence-corrected chi connectivity index (χ2v) is 8.68. The Morgan fingerprint density at radius 3 is 2.76 bits per heavy atom. The molecule has 37 heavy (non-hydrogen) atoms. The number of carbonyl (C=O) groups excluding carboxylic acids is 2. The number of oxazole rings is 1. The maximum atomic E-state index is 13.6. The van der Waals surface area contributed by atoms with Crippen molar-refractivity contribution in [3.05, 3.63) is 107 Å². The van der Waals surface area contributed by atoms with E-state index in [4.69, 9.17) is 13.6 Å². The van der Waals surface area contributed by atoms with Gasteiger partial charge < -0.3 is 23.8 Å². The van der Waals surface area contributed by atoms with Crippen LogP contribution in [0.3, 0.4) is 0 Å². The summed E-state index contributed by atoms with van der Waals surface area (Å²) in [6.07, 6.45) is 3.91. The molecule has 2 aromatic carbocycles. The van der Waals surface area contributed by atoms with Gasteiger partial charge in [-0.1, -0.05) is 25.1 Å². The number of amides is 2. The number of rotatable bonds is 8. The van der Waals surface area contributed by atoms with Crippen LogP contribution in [0.2, 0.25) is 0 Å². The van der Waals surface area contributed by atoms with Crippen LogP contribution < -0.4 is 10.1 Å². The van der Waals surface area contributed by atoms with E-state index in [2.05, 4.69) is 10.3 Å². The van der Waals surface area contributed by atoms with Crippen LogP contribution in [-0.2, 0) is 24.4 Å². The van der Waals surface area contributed by atoms with E-state index in [1.54, 1.807) is 24.3 Å². The minimum absolute atomic E-state index is 0.0169. The summed E-state index contributed by atoms with van der Waals surface area (Å²) in [4.78, 5) is 31.1. The van der Waals surface area contributed by atoms with Crippen LogP contribution in [0.4, 0.5) is 4.39 Å². The predicted octanol–water partition coefficient (Wildman–Crippen LogP) is 4.80. The molecule has 3 heterocycles. The first kappa shape index (κ1) is 24.3. The van der Waals surface area contributed by atoms with E-state index < -0.39 is 0 Å². The number of hydrogen-bond donors (Lipinski definition) is 1. The van der Waals surface area contributed by atoms with Crippen molar-refractivity contribution >= 4 is 11.8 Å². The van der Waals surface area contributed by atoms with E-state index in [9.17, 15) is 14.0 Å². The molecule has 0 aliphatic carbocycles. The number of furan rings is 1. The van der Waals surface area contributed by atoms with Gasteiger partial charge in [-0.3, -0.25) is 9.59 Å². The average Bonchev–Trinajstić information content (AvgIpc) is 3.62. The van der Waals surface area contributed by atoms with Gasteiger partial charge in [-0.2, -0.15) is 0 Å². The molecule has 0 radical (unpaired) electrons. The number of ether oxygens (including phenoxy) is 1. The topological polar surface area (TPSA) is 97.8 Å². The molecule has 190 valence electrons. The number of aromatic nitrogens is 1. The summed E-state index contributed by atoms with van der Waals surface area (Å²) in [5.74, 6) is 0.764. The smallest absolute Gasteiger partial charge is 0.273 e. The molecule has 1 aliphatic heterocycles. The number of benzene rings is 2. The van der Waals surface area contributed by atoms with E-state index >= 15 is 0 Å². The second kappa shape index (κ2) is 10.7. The lowest BCUT2D eigenvalue weighted by Crippen LogP contribution is -2.40. The molecule has 1 unspecified atom stereocenters. The molecular formula is C28H26FN3O5. The fourth-order valence-corrected chi connectivity index (χ4v) is 4.46. The normalized spacial score (nSPS) is 14.8. The average molecular weight is 504 g/mol. The van der Waals surface area contributed by atoms with Crippen LogP contribution in [-0.4, -0.2) is 28.2 Å². The molecule has 0 spiro atoms. The Morgan fingerprint density at radius 1 is 1.16 bits per heavy atom. The molecule has 0 bridgehead atoms. The van der Waals surface area contributed by atoms with Crippen molar-refractivity contribution in [3.8, 4) is 5.75 Å². The first-order chi connectivity index (χ1) is 18.0. The van der Waals surface area contributed by atoms with Crippen LogP contribution in [0.1, 0.15) is 58.2 Å². The molecule has 1 aliphatic rings. The fraction of sp³-hybridized carbons (Fsp3) is 0.250. The van der Waals surface area contributed by atoms with Crippen molar-refractivity contribution in [2.24, 2.45) is 0 Å². The third-order valence-corrected chi connectivity index (χ3v) is 6.30. The van der Waals surface area contributed by atoms with Gasteiger partial charge in [-0.25, -0.2) is 9.37 Å². The molecule has 0 fully saturated rings. The lowest BCUT2D eigenvalue weighted by atomic mass is 9.87. The first-order valence-electron chi connectivity index (χ1n) is 12.1. The predicted molar refractivity (Wildman–Crippen MR) is 131 cm³/mol. The Balaban J connectivity index is 1.31. The van der Waals surface area contributed by atoms with Crippen LogP contribution in [0.15, 0.2) is 76.0 Å². The zero-order valence-corrected chi connectivity index (χ0v) is 20.3. The summed E-state index contributed by atoms with van der Waals surface area (Å²) < 4.78 is 30.2. The molecule has 4 aromatic rings. The highest BCUT2D eigenvalue weighted by atomic mass is 19.1. The van der Waals surface area contributed by atoms with Crippen molar-refractivity contribution < 1.29 is 27.6 Å². The molecule has 1 N–H and O–H groups in total. The van der Waals surface area contributed by atoms with Gasteiger partial charge in [0, 0.05) is 13.0 Å². The van der Waals surface area contributed by atoms with Crippen LogP contribution in [0, 0.1) is 5.82 Å². The van der Waals surface area contributed by atoms with Crippen molar-refractivity contribution in [3.63, 3.8) is 0 Å². The molecule has 9 heteroatoms. The number of fused-ring (bicyclic) bond motifs is 1. The van der Waals surface area contributed by atoms with Gasteiger partial charge in [0.15, 0.2) is 12.3 Å². The molecule has 2 amide bonds. The molecular weight excluding hydrogens is 477 g/mol. The third kappa shape index (κ3) is 5.40. The van der Waals surface area contributed by atoms with E-state index in [0.29, 0.717) is 24.5 Å². The highest BCUT2D eigenvalue weighted by Gasteiger charge is 2.31. The van der Waals surface area contributed by atoms with Gasteiger partial charge in [0.1, 0.15) is 23.6 Å². The summed E-state index contributed by atoms with van der Waals surface area (Å²) in [6.45, 7) is 2.68. The van der Waals surface area contributed by atoms with Crippen molar-refractivity contribution in [2.45, 2.75) is 39.0 Å². The Bertz CT molecular complexity index is 1380. The lowest BCUT2D eigenvalue weighted by molar-refractivity contribution is -0.132. The standard InChI is InChI=1S/C28H26FN3O5/c1-2-26(33)32-12-11-18-7-10-21(14-23(18)27(32)19-5-8-20(29)9-6-19)36-17-25-31-24(16-37-25)28(34)30-15-22-4-3-13-35-22/h3-10,13-14,16,27H,2,11-12,15,17H2,1H3,(H,30,34). The fourth-order valence-electron chi connectivity index (χ4n) is 4.46. The van der Waals surface area contributed by atoms with E-state index in [0.717, 1.165) is 23.1 Å². The SMILES string of the molecule is CCC(=O)N1CCc2ccc(OCc3nc(C(=O)NCc4ccco4)co3)cc2C1c1ccc(F)cc1. The maximum absolute atomic E-state index is 13.6.